The molecule has 2 bridgehead atoms. The Morgan fingerprint density at radius 2 is 1.55 bits per heavy atom. The zero-order valence-electron chi connectivity index (χ0n) is 15.7. The molecule has 2 aromatic carbocycles. The van der Waals surface area contributed by atoms with Crippen molar-refractivity contribution in [2.24, 2.45) is 11.8 Å². The lowest BCUT2D eigenvalue weighted by atomic mass is 9.51. The molecule has 0 radical (unpaired) electrons. The van der Waals surface area contributed by atoms with Crippen LogP contribution in [0, 0.1) is 22.0 Å². The number of likely N-dealkylation sites (tertiary alicyclic amines) is 1. The highest BCUT2D eigenvalue weighted by molar-refractivity contribution is 6.08. The molecule has 0 aromatic heterocycles. The lowest BCUT2D eigenvalue weighted by molar-refractivity contribution is -0.578. The number of aliphatic hydroxyl groups excluding tert-OH is 1. The van der Waals surface area contributed by atoms with Crippen LogP contribution < -0.4 is 0 Å². The molecule has 0 spiro atoms. The quantitative estimate of drug-likeness (QED) is 0.363. The molecular weight excluding hydrogens is 372 g/mol. The van der Waals surface area contributed by atoms with Gasteiger partial charge >= 0.3 is 0 Å². The van der Waals surface area contributed by atoms with E-state index in [4.69, 9.17) is 5.11 Å². The summed E-state index contributed by atoms with van der Waals surface area (Å²) in [5.74, 6) is -2.99. The fraction of sp³-hybridized carbons (Fsp3) is 0.364. The molecule has 1 N–H and O–H groups in total. The van der Waals surface area contributed by atoms with E-state index < -0.39 is 23.3 Å². The van der Waals surface area contributed by atoms with Crippen LogP contribution >= 0.6 is 0 Å². The van der Waals surface area contributed by atoms with Gasteiger partial charge < -0.3 is 5.11 Å². The molecule has 7 nitrogen and oxygen atoms in total. The number of aliphatic hydroxyl groups is 1. The summed E-state index contributed by atoms with van der Waals surface area (Å²) in [6, 6.07) is 14.3. The van der Waals surface area contributed by atoms with Gasteiger partial charge in [0, 0.05) is 35.1 Å². The molecule has 2 atom stereocenters. The lowest BCUT2D eigenvalue weighted by Gasteiger charge is -2.48. The van der Waals surface area contributed by atoms with Gasteiger partial charge in [-0.05, 0) is 24.0 Å². The average molecular weight is 392 g/mol. The summed E-state index contributed by atoms with van der Waals surface area (Å²) in [6.45, 7) is 0.153. The van der Waals surface area contributed by atoms with Crippen LogP contribution in [-0.4, -0.2) is 39.9 Å². The Balaban J connectivity index is 1.76. The minimum atomic E-state index is -1.76. The second kappa shape index (κ2) is 6.22. The van der Waals surface area contributed by atoms with Crippen LogP contribution in [0.2, 0.25) is 0 Å². The molecule has 1 fully saturated rings. The summed E-state index contributed by atoms with van der Waals surface area (Å²) < 4.78 is 0. The monoisotopic (exact) mass is 392 g/mol. The van der Waals surface area contributed by atoms with Crippen LogP contribution in [0.25, 0.3) is 0 Å². The molecule has 1 heterocycles. The molecule has 0 saturated carbocycles. The highest BCUT2D eigenvalue weighted by Gasteiger charge is 2.74. The van der Waals surface area contributed by atoms with E-state index in [0.717, 1.165) is 11.1 Å². The van der Waals surface area contributed by atoms with E-state index >= 15 is 0 Å². The molecule has 4 aliphatic rings. The van der Waals surface area contributed by atoms with Gasteiger partial charge in [-0.1, -0.05) is 48.5 Å². The standard InChI is InChI=1S/C22H20N2O5/c25-12-6-5-11-23-20(26)18-17-13-7-1-3-9-15(13)22(24(28)29,19(18)21(23)27)16-10-4-2-8-14(16)17/h1-4,7-10,17-19,25H,5-6,11-12H2/t17?,18-,19-,22?/m1/s1. The van der Waals surface area contributed by atoms with Gasteiger partial charge in [0.15, 0.2) is 0 Å². The Kier molecular flexibility index (Phi) is 3.86. The fourth-order valence-corrected chi connectivity index (χ4v) is 5.70. The van der Waals surface area contributed by atoms with E-state index in [0.29, 0.717) is 24.0 Å². The maximum Gasteiger partial charge on any atom is 0.284 e. The number of amides is 2. The third-order valence-corrected chi connectivity index (χ3v) is 6.74. The molecule has 0 unspecified atom stereocenters. The van der Waals surface area contributed by atoms with Crippen molar-refractivity contribution >= 4 is 11.8 Å². The van der Waals surface area contributed by atoms with Crippen molar-refractivity contribution in [3.63, 3.8) is 0 Å². The number of carbonyl (C=O) groups excluding carboxylic acids is 2. The Morgan fingerprint density at radius 1 is 0.966 bits per heavy atom. The first-order valence-corrected chi connectivity index (χ1v) is 9.84. The maximum absolute atomic E-state index is 13.4. The fourth-order valence-electron chi connectivity index (χ4n) is 5.70. The smallest absolute Gasteiger partial charge is 0.284 e. The van der Waals surface area contributed by atoms with Crippen molar-refractivity contribution in [2.45, 2.75) is 24.3 Å². The third-order valence-electron chi connectivity index (χ3n) is 6.74. The predicted molar refractivity (Wildman–Crippen MR) is 103 cm³/mol. The van der Waals surface area contributed by atoms with Gasteiger partial charge in [0.05, 0.1) is 5.92 Å². The van der Waals surface area contributed by atoms with Gasteiger partial charge in [-0.2, -0.15) is 0 Å². The summed E-state index contributed by atoms with van der Waals surface area (Å²) in [7, 11) is 0. The second-order valence-corrected chi connectivity index (χ2v) is 7.94. The first kappa shape index (κ1) is 18.0. The van der Waals surface area contributed by atoms with Gasteiger partial charge in [-0.15, -0.1) is 0 Å². The Labute approximate surface area is 167 Å². The van der Waals surface area contributed by atoms with Crippen LogP contribution in [0.5, 0.6) is 0 Å². The van der Waals surface area contributed by atoms with Gasteiger partial charge in [0.2, 0.25) is 11.8 Å². The number of carbonyl (C=O) groups is 2. The van der Waals surface area contributed by atoms with Crippen molar-refractivity contribution in [2.75, 3.05) is 13.2 Å². The summed E-state index contributed by atoms with van der Waals surface area (Å²) >= 11 is 0. The highest BCUT2D eigenvalue weighted by Crippen LogP contribution is 2.64. The normalized spacial score (nSPS) is 28.9. The molecular formula is C22H20N2O5. The summed E-state index contributed by atoms with van der Waals surface area (Å²) in [5.41, 5.74) is 0.817. The Hall–Kier alpha value is -3.06. The second-order valence-electron chi connectivity index (χ2n) is 7.94. The molecule has 1 saturated heterocycles. The van der Waals surface area contributed by atoms with Crippen molar-refractivity contribution in [3.8, 4) is 0 Å². The highest BCUT2D eigenvalue weighted by atomic mass is 16.6. The molecule has 6 rings (SSSR count). The van der Waals surface area contributed by atoms with Gasteiger partial charge in [0.1, 0.15) is 5.92 Å². The molecule has 2 aromatic rings. The largest absolute Gasteiger partial charge is 0.396 e. The number of nitro groups is 1. The molecule has 3 aliphatic carbocycles. The molecule has 148 valence electrons. The van der Waals surface area contributed by atoms with Crippen molar-refractivity contribution < 1.29 is 19.6 Å². The van der Waals surface area contributed by atoms with Crippen LogP contribution in [0.4, 0.5) is 0 Å². The maximum atomic E-state index is 13.4. The number of imide groups is 1. The van der Waals surface area contributed by atoms with Crippen LogP contribution in [0.15, 0.2) is 48.5 Å². The number of benzene rings is 2. The van der Waals surface area contributed by atoms with Gasteiger partial charge in [0.25, 0.3) is 5.54 Å². The lowest BCUT2D eigenvalue weighted by Crippen LogP contribution is -2.57. The topological polar surface area (TPSA) is 101 Å². The van der Waals surface area contributed by atoms with E-state index in [9.17, 15) is 19.7 Å². The van der Waals surface area contributed by atoms with Crippen LogP contribution in [0.1, 0.15) is 41.0 Å². The van der Waals surface area contributed by atoms with E-state index in [2.05, 4.69) is 0 Å². The first-order valence-electron chi connectivity index (χ1n) is 9.84. The van der Waals surface area contributed by atoms with E-state index in [1.165, 1.54) is 4.90 Å². The van der Waals surface area contributed by atoms with E-state index in [1.54, 1.807) is 24.3 Å². The van der Waals surface area contributed by atoms with Crippen LogP contribution in [-0.2, 0) is 15.1 Å². The van der Waals surface area contributed by atoms with E-state index in [-0.39, 0.29) is 29.9 Å². The number of nitrogens with zero attached hydrogens (tertiary/aromatic N) is 2. The van der Waals surface area contributed by atoms with Crippen molar-refractivity contribution in [1.29, 1.82) is 0 Å². The minimum Gasteiger partial charge on any atom is -0.396 e. The minimum absolute atomic E-state index is 0.0264. The first-order chi connectivity index (χ1) is 14.0. The van der Waals surface area contributed by atoms with E-state index in [1.807, 2.05) is 24.3 Å². The number of rotatable bonds is 5. The molecule has 7 heteroatoms. The molecule has 1 aliphatic heterocycles. The average Bonchev–Trinajstić information content (AvgIpc) is 2.99. The molecule has 29 heavy (non-hydrogen) atoms. The van der Waals surface area contributed by atoms with Crippen molar-refractivity contribution in [1.82, 2.24) is 4.90 Å². The molecule has 2 amide bonds. The number of hydrogen-bond acceptors (Lipinski definition) is 5. The Bertz CT molecular complexity index is 1000. The summed E-state index contributed by atoms with van der Waals surface area (Å²) in [6.07, 6.45) is 0.945. The zero-order chi connectivity index (χ0) is 20.3. The number of hydrogen-bond donors (Lipinski definition) is 1. The Morgan fingerprint density at radius 3 is 2.10 bits per heavy atom. The van der Waals surface area contributed by atoms with Crippen LogP contribution in [0.3, 0.4) is 0 Å². The third kappa shape index (κ3) is 2.05. The number of unbranched alkanes of at least 4 members (excludes halogenated alkanes) is 1. The zero-order valence-corrected chi connectivity index (χ0v) is 15.7. The summed E-state index contributed by atoms with van der Waals surface area (Å²) in [4.78, 5) is 40.3. The van der Waals surface area contributed by atoms with Gasteiger partial charge in [-0.25, -0.2) is 0 Å². The van der Waals surface area contributed by atoms with Gasteiger partial charge in [-0.3, -0.25) is 24.6 Å². The van der Waals surface area contributed by atoms with Crippen molar-refractivity contribution in [3.05, 3.63) is 80.9 Å². The SMILES string of the molecule is O=C1[C@@H]2C3c4ccccc4C([N+](=O)[O-])(c4ccccc43)[C@H]2C(=O)N1CCCCO. The summed E-state index contributed by atoms with van der Waals surface area (Å²) in [5, 5.41) is 21.8. The predicted octanol–water partition coefficient (Wildman–Crippen LogP) is 2.04.